The van der Waals surface area contributed by atoms with E-state index in [-0.39, 0.29) is 11.5 Å². The van der Waals surface area contributed by atoms with Gasteiger partial charge < -0.3 is 20.3 Å². The molecule has 4 nitrogen and oxygen atoms in total. The summed E-state index contributed by atoms with van der Waals surface area (Å²) in [5.41, 5.74) is 2.12. The molecule has 0 radical (unpaired) electrons. The van der Waals surface area contributed by atoms with Gasteiger partial charge in [0.1, 0.15) is 17.1 Å². The minimum absolute atomic E-state index is 0.224. The van der Waals surface area contributed by atoms with Gasteiger partial charge in [0.25, 0.3) is 0 Å². The fraction of sp³-hybridized carbons (Fsp3) is 0.600. The number of phenols is 1. The average Bonchev–Trinajstić information content (AvgIpc) is 2.30. The minimum Gasteiger partial charge on any atom is -0.507 e. The van der Waals surface area contributed by atoms with Crippen molar-refractivity contribution in [2.75, 3.05) is 13.1 Å². The Kier molecular flexibility index (Phi) is 2.76. The first kappa shape index (κ1) is 12.8. The van der Waals surface area contributed by atoms with Crippen LogP contribution < -0.4 is 10.1 Å². The van der Waals surface area contributed by atoms with Crippen molar-refractivity contribution in [3.63, 3.8) is 0 Å². The molecule has 2 aliphatic heterocycles. The zero-order chi connectivity index (χ0) is 13.8. The predicted octanol–water partition coefficient (Wildman–Crippen LogP) is 1.98. The average molecular weight is 263 g/mol. The van der Waals surface area contributed by atoms with Crippen molar-refractivity contribution in [1.29, 1.82) is 0 Å². The van der Waals surface area contributed by atoms with Gasteiger partial charge in [-0.3, -0.25) is 0 Å². The van der Waals surface area contributed by atoms with E-state index in [0.29, 0.717) is 12.2 Å². The summed E-state index contributed by atoms with van der Waals surface area (Å²) in [5, 5.41) is 23.8. The van der Waals surface area contributed by atoms with Crippen LogP contribution >= 0.6 is 0 Å². The Morgan fingerprint density at radius 1 is 1.42 bits per heavy atom. The normalized spacial score (nSPS) is 23.9. The Balaban J connectivity index is 2.11. The first-order chi connectivity index (χ1) is 8.93. The van der Waals surface area contributed by atoms with Crippen molar-refractivity contribution < 1.29 is 14.9 Å². The van der Waals surface area contributed by atoms with Gasteiger partial charge in [0.05, 0.1) is 6.10 Å². The lowest BCUT2D eigenvalue weighted by Gasteiger charge is -2.47. The molecule has 1 spiro atoms. The fourth-order valence-corrected chi connectivity index (χ4v) is 3.10. The van der Waals surface area contributed by atoms with E-state index >= 15 is 0 Å². The molecule has 1 unspecified atom stereocenters. The molecule has 1 fully saturated rings. The molecule has 1 saturated heterocycles. The molecule has 2 heterocycles. The van der Waals surface area contributed by atoms with Crippen LogP contribution in [0, 0.1) is 6.92 Å². The number of ether oxygens (including phenoxy) is 1. The second kappa shape index (κ2) is 4.12. The van der Waals surface area contributed by atoms with Crippen LogP contribution in [0.15, 0.2) is 6.07 Å². The van der Waals surface area contributed by atoms with Crippen molar-refractivity contribution >= 4 is 0 Å². The number of nitrogens with one attached hydrogen (secondary N) is 1. The van der Waals surface area contributed by atoms with Crippen LogP contribution in [0.4, 0.5) is 0 Å². The summed E-state index contributed by atoms with van der Waals surface area (Å²) in [6.45, 7) is 7.49. The maximum Gasteiger partial charge on any atom is 0.136 e. The fourth-order valence-electron chi connectivity index (χ4n) is 3.10. The first-order valence-electron chi connectivity index (χ1n) is 6.88. The summed E-state index contributed by atoms with van der Waals surface area (Å²) in [4.78, 5) is 0. The topological polar surface area (TPSA) is 61.7 Å². The van der Waals surface area contributed by atoms with Crippen molar-refractivity contribution in [2.45, 2.75) is 44.8 Å². The Labute approximate surface area is 113 Å². The third-order valence-corrected chi connectivity index (χ3v) is 4.33. The molecule has 3 N–H and O–H groups in total. The number of aliphatic hydroxyl groups is 1. The summed E-state index contributed by atoms with van der Waals surface area (Å²) in [5.74, 6) is 1.25. The molecule has 2 aliphatic rings. The van der Waals surface area contributed by atoms with Gasteiger partial charge in [0, 0.05) is 36.2 Å². The molecular weight excluding hydrogens is 242 g/mol. The second-order valence-corrected chi connectivity index (χ2v) is 6.11. The van der Waals surface area contributed by atoms with Gasteiger partial charge in [-0.05, 0) is 18.9 Å². The Bertz CT molecular complexity index is 521. The van der Waals surface area contributed by atoms with Crippen LogP contribution in [0.3, 0.4) is 0 Å². The molecule has 4 heteroatoms. The van der Waals surface area contributed by atoms with Crippen LogP contribution in [-0.4, -0.2) is 28.9 Å². The molecule has 0 amide bonds. The van der Waals surface area contributed by atoms with Gasteiger partial charge in [-0.1, -0.05) is 13.8 Å². The van der Waals surface area contributed by atoms with Gasteiger partial charge in [0.2, 0.25) is 0 Å². The molecule has 0 aromatic heterocycles. The van der Waals surface area contributed by atoms with E-state index < -0.39 is 6.10 Å². The molecule has 0 aliphatic carbocycles. The van der Waals surface area contributed by atoms with Crippen LogP contribution in [0.25, 0.3) is 0 Å². The highest BCUT2D eigenvalue weighted by Gasteiger charge is 2.46. The van der Waals surface area contributed by atoms with Crippen molar-refractivity contribution in [3.8, 4) is 11.5 Å². The van der Waals surface area contributed by atoms with Gasteiger partial charge in [0.15, 0.2) is 0 Å². The van der Waals surface area contributed by atoms with E-state index in [1.165, 1.54) is 0 Å². The summed E-state index contributed by atoms with van der Waals surface area (Å²) in [6.07, 6.45) is 0.0341. The largest absolute Gasteiger partial charge is 0.507 e. The highest BCUT2D eigenvalue weighted by atomic mass is 16.5. The molecule has 0 saturated carbocycles. The van der Waals surface area contributed by atoms with E-state index in [4.69, 9.17) is 4.74 Å². The van der Waals surface area contributed by atoms with E-state index in [1.54, 1.807) is 0 Å². The smallest absolute Gasteiger partial charge is 0.136 e. The first-order valence-corrected chi connectivity index (χ1v) is 6.88. The van der Waals surface area contributed by atoms with Crippen molar-refractivity contribution in [1.82, 2.24) is 5.32 Å². The van der Waals surface area contributed by atoms with Crippen LogP contribution in [0.5, 0.6) is 11.5 Å². The molecule has 104 valence electrons. The van der Waals surface area contributed by atoms with E-state index in [0.717, 1.165) is 35.5 Å². The quantitative estimate of drug-likeness (QED) is 0.725. The van der Waals surface area contributed by atoms with Crippen molar-refractivity contribution in [2.24, 2.45) is 0 Å². The maximum absolute atomic E-state index is 10.4. The predicted molar refractivity (Wildman–Crippen MR) is 72.7 cm³/mol. The number of aliphatic hydroxyl groups excluding tert-OH is 1. The number of benzene rings is 1. The monoisotopic (exact) mass is 263 g/mol. The van der Waals surface area contributed by atoms with Gasteiger partial charge in [-0.15, -0.1) is 0 Å². The number of fused-ring (bicyclic) bond motifs is 1. The molecule has 3 rings (SSSR count). The highest BCUT2D eigenvalue weighted by molar-refractivity contribution is 5.55. The third-order valence-electron chi connectivity index (χ3n) is 4.33. The third kappa shape index (κ3) is 1.82. The Morgan fingerprint density at radius 3 is 2.63 bits per heavy atom. The van der Waals surface area contributed by atoms with Crippen LogP contribution in [0.1, 0.15) is 49.0 Å². The highest BCUT2D eigenvalue weighted by Crippen LogP contribution is 2.47. The molecular formula is C15H21NO3. The molecule has 0 bridgehead atoms. The number of rotatable bonds is 1. The van der Waals surface area contributed by atoms with Crippen LogP contribution in [0.2, 0.25) is 0 Å². The SMILES string of the molecule is Cc1c(O)c(C(C)C)cc2c1C(O)CC1(CNC1)O2. The van der Waals surface area contributed by atoms with Gasteiger partial charge in [-0.25, -0.2) is 0 Å². The van der Waals surface area contributed by atoms with E-state index in [1.807, 2.05) is 26.8 Å². The molecule has 1 aromatic carbocycles. The van der Waals surface area contributed by atoms with Crippen molar-refractivity contribution in [3.05, 3.63) is 22.8 Å². The van der Waals surface area contributed by atoms with Crippen LogP contribution in [-0.2, 0) is 0 Å². The van der Waals surface area contributed by atoms with Gasteiger partial charge in [-0.2, -0.15) is 0 Å². The zero-order valence-electron chi connectivity index (χ0n) is 11.7. The summed E-state index contributed by atoms with van der Waals surface area (Å²) >= 11 is 0. The maximum atomic E-state index is 10.4. The minimum atomic E-state index is -0.557. The van der Waals surface area contributed by atoms with E-state index in [9.17, 15) is 10.2 Å². The lowest BCUT2D eigenvalue weighted by atomic mass is 9.82. The Morgan fingerprint density at radius 2 is 2.11 bits per heavy atom. The molecule has 1 aromatic rings. The standard InChI is InChI=1S/C15H21NO3/c1-8(2)10-4-12-13(9(3)14(10)18)11(17)5-15(19-12)6-16-7-15/h4,8,11,16-18H,5-7H2,1-3H3. The number of phenolic OH excluding ortho intramolecular Hbond substituents is 1. The number of hydrogen-bond donors (Lipinski definition) is 3. The molecule has 1 atom stereocenters. The van der Waals surface area contributed by atoms with Gasteiger partial charge >= 0.3 is 0 Å². The number of aromatic hydroxyl groups is 1. The lowest BCUT2D eigenvalue weighted by Crippen LogP contribution is -2.64. The number of hydrogen-bond acceptors (Lipinski definition) is 4. The molecule has 19 heavy (non-hydrogen) atoms. The van der Waals surface area contributed by atoms with E-state index in [2.05, 4.69) is 5.32 Å². The lowest BCUT2D eigenvalue weighted by molar-refractivity contribution is -0.0487. The summed E-state index contributed by atoms with van der Waals surface area (Å²) in [7, 11) is 0. The summed E-state index contributed by atoms with van der Waals surface area (Å²) < 4.78 is 6.12. The summed E-state index contributed by atoms with van der Waals surface area (Å²) in [6, 6.07) is 1.89. The Hall–Kier alpha value is -1.26. The zero-order valence-corrected chi connectivity index (χ0v) is 11.7. The second-order valence-electron chi connectivity index (χ2n) is 6.11.